The van der Waals surface area contributed by atoms with Crippen LogP contribution in [-0.2, 0) is 6.54 Å². The number of piperazine rings is 1. The molecule has 1 aromatic heterocycles. The van der Waals surface area contributed by atoms with E-state index in [4.69, 9.17) is 0 Å². The summed E-state index contributed by atoms with van der Waals surface area (Å²) >= 11 is 5.20. The van der Waals surface area contributed by atoms with Crippen molar-refractivity contribution in [3.8, 4) is 0 Å². The Labute approximate surface area is 160 Å². The van der Waals surface area contributed by atoms with Crippen molar-refractivity contribution in [2.45, 2.75) is 6.54 Å². The van der Waals surface area contributed by atoms with E-state index in [2.05, 4.69) is 85.5 Å². The summed E-state index contributed by atoms with van der Waals surface area (Å²) in [5.41, 5.74) is 1.42. The fourth-order valence-corrected chi connectivity index (χ4v) is 4.51. The van der Waals surface area contributed by atoms with E-state index in [0.29, 0.717) is 0 Å². The van der Waals surface area contributed by atoms with Gasteiger partial charge >= 0.3 is 0 Å². The molecule has 0 spiro atoms. The Bertz CT molecular complexity index is 876. The Kier molecular flexibility index (Phi) is 5.15. The molecule has 2 heterocycles. The summed E-state index contributed by atoms with van der Waals surface area (Å²) in [4.78, 5) is 3.71. The number of fused-ring (bicyclic) bond motifs is 1. The maximum absolute atomic E-state index is 4.63. The molecule has 0 radical (unpaired) electrons. The number of hydrogen-bond acceptors (Lipinski definition) is 4. The third-order valence-corrected chi connectivity index (χ3v) is 6.12. The summed E-state index contributed by atoms with van der Waals surface area (Å²) in [5.74, 6) is 0. The molecule has 4 rings (SSSR count). The van der Waals surface area contributed by atoms with Crippen molar-refractivity contribution in [2.24, 2.45) is 5.10 Å². The van der Waals surface area contributed by atoms with Gasteiger partial charge < -0.3 is 0 Å². The van der Waals surface area contributed by atoms with Crippen LogP contribution in [0.15, 0.2) is 63.5 Å². The van der Waals surface area contributed by atoms with Crippen molar-refractivity contribution in [1.82, 2.24) is 9.91 Å². The maximum atomic E-state index is 4.63. The monoisotopic (exact) mass is 413 g/mol. The fraction of sp³-hybridized carbons (Fsp3) is 0.250. The van der Waals surface area contributed by atoms with Gasteiger partial charge in [0.2, 0.25) is 0 Å². The average Bonchev–Trinajstić information content (AvgIpc) is 3.07. The van der Waals surface area contributed by atoms with Gasteiger partial charge in [0, 0.05) is 37.6 Å². The second-order valence-corrected chi connectivity index (χ2v) is 8.75. The van der Waals surface area contributed by atoms with E-state index >= 15 is 0 Å². The van der Waals surface area contributed by atoms with Crippen molar-refractivity contribution in [3.63, 3.8) is 0 Å². The van der Waals surface area contributed by atoms with Crippen LogP contribution in [-0.4, -0.2) is 42.3 Å². The van der Waals surface area contributed by atoms with Crippen LogP contribution in [0.5, 0.6) is 0 Å². The quantitative estimate of drug-likeness (QED) is 0.571. The largest absolute Gasteiger partial charge is 0.295 e. The van der Waals surface area contributed by atoms with Gasteiger partial charge in [0.1, 0.15) is 0 Å². The van der Waals surface area contributed by atoms with Gasteiger partial charge in [0.15, 0.2) is 0 Å². The molecule has 0 saturated carbocycles. The molecule has 0 amide bonds. The van der Waals surface area contributed by atoms with E-state index < -0.39 is 0 Å². The van der Waals surface area contributed by atoms with Crippen molar-refractivity contribution in [2.75, 3.05) is 26.2 Å². The van der Waals surface area contributed by atoms with Gasteiger partial charge in [-0.15, -0.1) is 11.3 Å². The van der Waals surface area contributed by atoms with Crippen LogP contribution < -0.4 is 0 Å². The minimum absolute atomic E-state index is 0.980. The first-order chi connectivity index (χ1) is 12.3. The number of hydrogen-bond donors (Lipinski definition) is 0. The highest BCUT2D eigenvalue weighted by molar-refractivity contribution is 9.11. The lowest BCUT2D eigenvalue weighted by molar-refractivity contribution is 0.131. The Balaban J connectivity index is 1.36. The molecule has 128 valence electrons. The molecule has 0 N–H and O–H groups in total. The molecular formula is C20H20BrN3S. The molecule has 3 aromatic rings. The van der Waals surface area contributed by atoms with Crippen LogP contribution in [0.1, 0.15) is 10.4 Å². The molecule has 1 aliphatic heterocycles. The summed E-state index contributed by atoms with van der Waals surface area (Å²) in [6, 6.07) is 19.4. The van der Waals surface area contributed by atoms with Crippen LogP contribution in [0.3, 0.4) is 0 Å². The second-order valence-electron chi connectivity index (χ2n) is 6.25. The zero-order valence-electron chi connectivity index (χ0n) is 13.9. The highest BCUT2D eigenvalue weighted by Crippen LogP contribution is 2.22. The molecule has 0 bridgehead atoms. The molecule has 0 unspecified atom stereocenters. The van der Waals surface area contributed by atoms with E-state index in [1.165, 1.54) is 21.2 Å². The van der Waals surface area contributed by atoms with Gasteiger partial charge in [0.05, 0.1) is 10.0 Å². The number of thiophene rings is 1. The van der Waals surface area contributed by atoms with Gasteiger partial charge in [-0.3, -0.25) is 9.91 Å². The topological polar surface area (TPSA) is 18.8 Å². The van der Waals surface area contributed by atoms with E-state index in [9.17, 15) is 0 Å². The fourth-order valence-electron chi connectivity index (χ4n) is 3.22. The van der Waals surface area contributed by atoms with Crippen LogP contribution in [0.25, 0.3) is 10.8 Å². The van der Waals surface area contributed by atoms with Crippen LogP contribution in [0.2, 0.25) is 0 Å². The Morgan fingerprint density at radius 2 is 1.76 bits per heavy atom. The SMILES string of the molecule is Brc1ccc(/C=N\N2CCN(Cc3cccc4ccccc34)CC2)s1. The van der Waals surface area contributed by atoms with Crippen LogP contribution in [0.4, 0.5) is 0 Å². The first-order valence-corrected chi connectivity index (χ1v) is 10.1. The second kappa shape index (κ2) is 7.68. The molecule has 0 aliphatic carbocycles. The standard InChI is InChI=1S/C20H20BrN3S/c21-20-9-8-18(25-20)14-22-24-12-10-23(11-13-24)15-17-6-3-5-16-4-1-2-7-19(16)17/h1-9,14H,10-13,15H2/b22-14-. The molecule has 5 heteroatoms. The lowest BCUT2D eigenvalue weighted by atomic mass is 10.0. The molecule has 1 saturated heterocycles. The number of hydrazone groups is 1. The minimum atomic E-state index is 0.980. The summed E-state index contributed by atoms with van der Waals surface area (Å²) in [7, 11) is 0. The average molecular weight is 414 g/mol. The molecule has 3 nitrogen and oxygen atoms in total. The Morgan fingerprint density at radius 1 is 0.960 bits per heavy atom. The summed E-state index contributed by atoms with van der Waals surface area (Å²) in [6.45, 7) is 5.07. The van der Waals surface area contributed by atoms with E-state index in [1.54, 1.807) is 11.3 Å². The summed E-state index contributed by atoms with van der Waals surface area (Å²) in [5, 5.41) is 9.50. The third kappa shape index (κ3) is 4.11. The molecule has 1 fully saturated rings. The minimum Gasteiger partial charge on any atom is -0.295 e. The van der Waals surface area contributed by atoms with Gasteiger partial charge in [-0.1, -0.05) is 42.5 Å². The lowest BCUT2D eigenvalue weighted by Crippen LogP contribution is -2.43. The number of halogens is 1. The Hall–Kier alpha value is -1.69. The normalized spacial score (nSPS) is 16.1. The zero-order chi connectivity index (χ0) is 17.1. The predicted octanol–water partition coefficient (Wildman–Crippen LogP) is 4.82. The van der Waals surface area contributed by atoms with Crippen molar-refractivity contribution in [3.05, 3.63) is 68.8 Å². The lowest BCUT2D eigenvalue weighted by Gasteiger charge is -2.33. The van der Waals surface area contributed by atoms with Crippen molar-refractivity contribution < 1.29 is 0 Å². The maximum Gasteiger partial charge on any atom is 0.0705 e. The zero-order valence-corrected chi connectivity index (χ0v) is 16.3. The number of nitrogens with zero attached hydrogens (tertiary/aromatic N) is 3. The van der Waals surface area contributed by atoms with Crippen LogP contribution >= 0.6 is 27.3 Å². The highest BCUT2D eigenvalue weighted by atomic mass is 79.9. The molecular weight excluding hydrogens is 394 g/mol. The number of benzene rings is 2. The molecule has 0 atom stereocenters. The van der Waals surface area contributed by atoms with E-state index in [-0.39, 0.29) is 0 Å². The van der Waals surface area contributed by atoms with Crippen molar-refractivity contribution in [1.29, 1.82) is 0 Å². The molecule has 25 heavy (non-hydrogen) atoms. The number of rotatable bonds is 4. The van der Waals surface area contributed by atoms with E-state index in [0.717, 1.165) is 36.5 Å². The molecule has 1 aliphatic rings. The predicted molar refractivity (Wildman–Crippen MR) is 110 cm³/mol. The van der Waals surface area contributed by atoms with Crippen LogP contribution in [0, 0.1) is 0 Å². The third-order valence-electron chi connectivity index (χ3n) is 4.56. The summed E-state index contributed by atoms with van der Waals surface area (Å²) in [6.07, 6.45) is 1.97. The van der Waals surface area contributed by atoms with Crippen molar-refractivity contribution >= 4 is 44.3 Å². The van der Waals surface area contributed by atoms with Gasteiger partial charge in [-0.25, -0.2) is 0 Å². The summed E-state index contributed by atoms with van der Waals surface area (Å²) < 4.78 is 1.15. The Morgan fingerprint density at radius 3 is 2.56 bits per heavy atom. The van der Waals surface area contributed by atoms with Gasteiger partial charge in [-0.2, -0.15) is 5.10 Å². The molecule has 2 aromatic carbocycles. The van der Waals surface area contributed by atoms with Gasteiger partial charge in [-0.05, 0) is 44.4 Å². The van der Waals surface area contributed by atoms with E-state index in [1.807, 2.05) is 6.21 Å². The first kappa shape index (κ1) is 16.8. The smallest absolute Gasteiger partial charge is 0.0705 e. The highest BCUT2D eigenvalue weighted by Gasteiger charge is 2.16. The van der Waals surface area contributed by atoms with Gasteiger partial charge in [0.25, 0.3) is 0 Å². The first-order valence-electron chi connectivity index (χ1n) is 8.51.